The highest BCUT2D eigenvalue weighted by Gasteiger charge is 2.34. The molecule has 2 aromatic carbocycles. The van der Waals surface area contributed by atoms with E-state index in [2.05, 4.69) is 5.43 Å². The Morgan fingerprint density at radius 2 is 2.03 bits per heavy atom. The number of nitrogens with one attached hydrogen (secondary N) is 1. The summed E-state index contributed by atoms with van der Waals surface area (Å²) in [5, 5.41) is 10.0. The standard InChI is InChI=1S/C20H15ClN2O5S2/c1-11-6-7-13(14(21)8-11)18(26)22-23-19(27)16(30-20(23)29)9-12-4-2-3-5-15(12)28-10-17(24)25/h2-9H,10H2,1H3,(H,22,26)(H,24,25)/b16-9+. The number of carbonyl (C=O) groups is 3. The lowest BCUT2D eigenvalue weighted by Gasteiger charge is -2.16. The van der Waals surface area contributed by atoms with Crippen LogP contribution in [0.2, 0.25) is 5.02 Å². The molecule has 0 bridgehead atoms. The highest BCUT2D eigenvalue weighted by molar-refractivity contribution is 8.26. The summed E-state index contributed by atoms with van der Waals surface area (Å²) in [6, 6.07) is 11.6. The molecule has 2 aromatic rings. The van der Waals surface area contributed by atoms with Crippen LogP contribution in [0.4, 0.5) is 0 Å². The largest absolute Gasteiger partial charge is 0.481 e. The maximum atomic E-state index is 12.8. The Morgan fingerprint density at radius 3 is 2.73 bits per heavy atom. The van der Waals surface area contributed by atoms with Gasteiger partial charge in [-0.15, -0.1) is 0 Å². The first kappa shape index (κ1) is 21.8. The molecule has 10 heteroatoms. The third-order valence-electron chi connectivity index (χ3n) is 3.93. The zero-order valence-electron chi connectivity index (χ0n) is 15.5. The molecule has 1 fully saturated rings. The van der Waals surface area contributed by atoms with E-state index in [1.807, 2.05) is 6.92 Å². The molecular formula is C20H15ClN2O5S2. The maximum Gasteiger partial charge on any atom is 0.341 e. The zero-order valence-corrected chi connectivity index (χ0v) is 17.9. The van der Waals surface area contributed by atoms with Gasteiger partial charge in [0.15, 0.2) is 10.9 Å². The summed E-state index contributed by atoms with van der Waals surface area (Å²) in [5.74, 6) is -1.90. The van der Waals surface area contributed by atoms with Gasteiger partial charge in [0.25, 0.3) is 11.8 Å². The second kappa shape index (κ2) is 9.29. The summed E-state index contributed by atoms with van der Waals surface area (Å²) >= 11 is 12.3. The predicted molar refractivity (Wildman–Crippen MR) is 118 cm³/mol. The van der Waals surface area contributed by atoms with E-state index >= 15 is 0 Å². The molecule has 1 heterocycles. The van der Waals surface area contributed by atoms with Gasteiger partial charge in [-0.1, -0.05) is 47.6 Å². The smallest absolute Gasteiger partial charge is 0.341 e. The van der Waals surface area contributed by atoms with Gasteiger partial charge in [0.1, 0.15) is 5.75 Å². The Morgan fingerprint density at radius 1 is 1.30 bits per heavy atom. The second-order valence-electron chi connectivity index (χ2n) is 6.16. The molecule has 3 rings (SSSR count). The first-order valence-electron chi connectivity index (χ1n) is 8.55. The van der Waals surface area contributed by atoms with E-state index in [4.69, 9.17) is 33.7 Å². The molecule has 1 aliphatic rings. The lowest BCUT2D eigenvalue weighted by molar-refractivity contribution is -0.139. The molecule has 0 unspecified atom stereocenters. The van der Waals surface area contributed by atoms with Crippen LogP contribution in [0, 0.1) is 6.92 Å². The highest BCUT2D eigenvalue weighted by Crippen LogP contribution is 2.33. The van der Waals surface area contributed by atoms with Gasteiger partial charge in [-0.05, 0) is 49.0 Å². The molecule has 2 N–H and O–H groups in total. The van der Waals surface area contributed by atoms with Crippen molar-refractivity contribution in [2.45, 2.75) is 6.92 Å². The Bertz CT molecular complexity index is 1090. The van der Waals surface area contributed by atoms with Crippen LogP contribution in [0.3, 0.4) is 0 Å². The molecular weight excluding hydrogens is 448 g/mol. The summed E-state index contributed by atoms with van der Waals surface area (Å²) in [5.41, 5.74) is 4.09. The molecule has 30 heavy (non-hydrogen) atoms. The van der Waals surface area contributed by atoms with Gasteiger partial charge in [-0.25, -0.2) is 4.79 Å². The fraction of sp³-hybridized carbons (Fsp3) is 0.100. The topological polar surface area (TPSA) is 95.9 Å². The number of amides is 2. The van der Waals surface area contributed by atoms with Crippen molar-refractivity contribution >= 4 is 63.8 Å². The summed E-state index contributed by atoms with van der Waals surface area (Å²) in [6.45, 7) is 1.33. The zero-order chi connectivity index (χ0) is 21.8. The van der Waals surface area contributed by atoms with Crippen molar-refractivity contribution in [2.24, 2.45) is 0 Å². The van der Waals surface area contributed by atoms with Crippen molar-refractivity contribution in [1.82, 2.24) is 10.4 Å². The SMILES string of the molecule is Cc1ccc(C(=O)NN2C(=O)/C(=C\c3ccccc3OCC(=O)O)SC2=S)c(Cl)c1. The number of hydrogen-bond donors (Lipinski definition) is 2. The van der Waals surface area contributed by atoms with Crippen molar-refractivity contribution in [2.75, 3.05) is 6.61 Å². The molecule has 0 aliphatic carbocycles. The highest BCUT2D eigenvalue weighted by atomic mass is 35.5. The number of aliphatic carboxylic acids is 1. The third kappa shape index (κ3) is 4.99. The van der Waals surface area contributed by atoms with Crippen LogP contribution in [-0.2, 0) is 9.59 Å². The van der Waals surface area contributed by atoms with Crippen molar-refractivity contribution in [1.29, 1.82) is 0 Å². The number of carboxylic acids is 1. The van der Waals surface area contributed by atoms with E-state index < -0.39 is 24.4 Å². The summed E-state index contributed by atoms with van der Waals surface area (Å²) in [6.07, 6.45) is 1.53. The Balaban J connectivity index is 1.80. The molecule has 7 nitrogen and oxygen atoms in total. The predicted octanol–water partition coefficient (Wildman–Crippen LogP) is 3.66. The molecule has 1 saturated heterocycles. The number of nitrogens with zero attached hydrogens (tertiary/aromatic N) is 1. The summed E-state index contributed by atoms with van der Waals surface area (Å²) < 4.78 is 5.39. The summed E-state index contributed by atoms with van der Waals surface area (Å²) in [7, 11) is 0. The van der Waals surface area contributed by atoms with Crippen LogP contribution in [0.5, 0.6) is 5.75 Å². The molecule has 0 aromatic heterocycles. The average Bonchev–Trinajstić information content (AvgIpc) is 2.94. The first-order valence-corrected chi connectivity index (χ1v) is 10.1. The minimum absolute atomic E-state index is 0.145. The molecule has 2 amide bonds. The number of thioether (sulfide) groups is 1. The van der Waals surface area contributed by atoms with E-state index in [9.17, 15) is 14.4 Å². The number of rotatable bonds is 6. The quantitative estimate of drug-likeness (QED) is 0.499. The number of ether oxygens (including phenoxy) is 1. The van der Waals surface area contributed by atoms with Crippen molar-refractivity contribution in [3.05, 3.63) is 69.1 Å². The van der Waals surface area contributed by atoms with Crippen molar-refractivity contribution < 1.29 is 24.2 Å². The minimum Gasteiger partial charge on any atom is -0.481 e. The van der Waals surface area contributed by atoms with Crippen LogP contribution < -0.4 is 10.2 Å². The molecule has 154 valence electrons. The van der Waals surface area contributed by atoms with Crippen molar-refractivity contribution in [3.8, 4) is 5.75 Å². The first-order chi connectivity index (χ1) is 14.3. The molecule has 0 saturated carbocycles. The third-order valence-corrected chi connectivity index (χ3v) is 5.55. The number of halogens is 1. The number of carbonyl (C=O) groups excluding carboxylic acids is 2. The molecule has 0 radical (unpaired) electrons. The number of thiocarbonyl (C=S) groups is 1. The van der Waals surface area contributed by atoms with E-state index in [1.165, 1.54) is 6.08 Å². The van der Waals surface area contributed by atoms with Crippen LogP contribution in [0.15, 0.2) is 47.4 Å². The lowest BCUT2D eigenvalue weighted by atomic mass is 10.1. The number of benzene rings is 2. The molecule has 0 spiro atoms. The van der Waals surface area contributed by atoms with E-state index in [0.717, 1.165) is 22.3 Å². The van der Waals surface area contributed by atoms with Gasteiger partial charge < -0.3 is 9.84 Å². The maximum absolute atomic E-state index is 12.8. The normalized spacial score (nSPS) is 14.9. The van der Waals surface area contributed by atoms with Gasteiger partial charge in [0.2, 0.25) is 0 Å². The minimum atomic E-state index is -1.12. The summed E-state index contributed by atoms with van der Waals surface area (Å²) in [4.78, 5) is 36.3. The van der Waals surface area contributed by atoms with Crippen LogP contribution in [0.1, 0.15) is 21.5 Å². The monoisotopic (exact) mass is 462 g/mol. The molecule has 1 aliphatic heterocycles. The van der Waals surface area contributed by atoms with Crippen LogP contribution in [0.25, 0.3) is 6.08 Å². The van der Waals surface area contributed by atoms with E-state index in [1.54, 1.807) is 42.5 Å². The second-order valence-corrected chi connectivity index (χ2v) is 8.24. The number of carboxylic acid groups (broad SMARTS) is 1. The van der Waals surface area contributed by atoms with Crippen molar-refractivity contribution in [3.63, 3.8) is 0 Å². The van der Waals surface area contributed by atoms with Gasteiger partial charge in [0, 0.05) is 5.56 Å². The van der Waals surface area contributed by atoms with Gasteiger partial charge in [-0.2, -0.15) is 5.01 Å². The Kier molecular flexibility index (Phi) is 6.76. The van der Waals surface area contributed by atoms with Crippen LogP contribution in [-0.4, -0.2) is 38.8 Å². The average molecular weight is 463 g/mol. The Hall–Kier alpha value is -2.88. The van der Waals surface area contributed by atoms with E-state index in [-0.39, 0.29) is 19.8 Å². The number of hydrogen-bond acceptors (Lipinski definition) is 6. The van der Waals surface area contributed by atoms with Gasteiger partial charge >= 0.3 is 5.97 Å². The Labute approximate surface area is 186 Å². The lowest BCUT2D eigenvalue weighted by Crippen LogP contribution is -2.44. The number of aryl methyl sites for hydroxylation is 1. The number of para-hydroxylation sites is 1. The van der Waals surface area contributed by atoms with Crippen LogP contribution >= 0.6 is 35.6 Å². The van der Waals surface area contributed by atoms with Gasteiger partial charge in [-0.3, -0.25) is 15.0 Å². The molecule has 0 atom stereocenters. The fourth-order valence-electron chi connectivity index (χ4n) is 2.54. The van der Waals surface area contributed by atoms with E-state index in [0.29, 0.717) is 11.3 Å². The fourth-order valence-corrected chi connectivity index (χ4v) is 4.03. The number of hydrazine groups is 1. The van der Waals surface area contributed by atoms with Gasteiger partial charge in [0.05, 0.1) is 15.5 Å².